The van der Waals surface area contributed by atoms with Gasteiger partial charge in [-0.1, -0.05) is 5.92 Å². The Kier molecular flexibility index (Phi) is 3.97. The van der Waals surface area contributed by atoms with Crippen LogP contribution in [-0.4, -0.2) is 13.1 Å². The highest BCUT2D eigenvalue weighted by Crippen LogP contribution is 2.21. The van der Waals surface area contributed by atoms with Crippen LogP contribution in [0.15, 0.2) is 12.1 Å². The van der Waals surface area contributed by atoms with E-state index in [9.17, 15) is 0 Å². The van der Waals surface area contributed by atoms with Crippen LogP contribution in [0, 0.1) is 19.3 Å². The van der Waals surface area contributed by atoms with Crippen molar-refractivity contribution < 1.29 is 0 Å². The molecule has 1 unspecified atom stereocenters. The lowest BCUT2D eigenvalue weighted by atomic mass is 10.2. The van der Waals surface area contributed by atoms with Crippen molar-refractivity contribution in [3.8, 4) is 12.3 Å². The summed E-state index contributed by atoms with van der Waals surface area (Å²) in [5, 5.41) is 3.20. The normalized spacial score (nSPS) is 12.4. The monoisotopic (exact) mass is 194 g/mol. The Labute approximate surface area is 83.2 Å². The van der Waals surface area contributed by atoms with Gasteiger partial charge in [-0.3, -0.25) is 5.32 Å². The number of hydrogen-bond donors (Lipinski definition) is 2. The van der Waals surface area contributed by atoms with E-state index in [4.69, 9.17) is 12.2 Å². The van der Waals surface area contributed by atoms with Crippen molar-refractivity contribution >= 4 is 11.3 Å². The van der Waals surface area contributed by atoms with E-state index in [1.165, 1.54) is 9.75 Å². The SMILES string of the molecule is C#CCNC(CN)c1ccc(C)s1. The van der Waals surface area contributed by atoms with Crippen LogP contribution in [0.5, 0.6) is 0 Å². The molecule has 0 amide bonds. The Balaban J connectivity index is 2.62. The number of terminal acetylenes is 1. The molecule has 1 atom stereocenters. The lowest BCUT2D eigenvalue weighted by molar-refractivity contribution is 0.591. The molecule has 3 N–H and O–H groups in total. The van der Waals surface area contributed by atoms with E-state index in [-0.39, 0.29) is 6.04 Å². The van der Waals surface area contributed by atoms with Crippen LogP contribution in [0.25, 0.3) is 0 Å². The second-order valence-electron chi connectivity index (χ2n) is 2.82. The molecule has 0 fully saturated rings. The maximum atomic E-state index is 5.63. The zero-order valence-electron chi connectivity index (χ0n) is 7.71. The fourth-order valence-corrected chi connectivity index (χ4v) is 2.09. The van der Waals surface area contributed by atoms with Gasteiger partial charge in [-0.2, -0.15) is 0 Å². The molecule has 1 aromatic heterocycles. The minimum Gasteiger partial charge on any atom is -0.329 e. The molecule has 0 aliphatic carbocycles. The number of nitrogens with two attached hydrogens (primary N) is 1. The van der Waals surface area contributed by atoms with E-state index in [1.807, 2.05) is 0 Å². The summed E-state index contributed by atoms with van der Waals surface area (Å²) in [6.07, 6.45) is 5.16. The van der Waals surface area contributed by atoms with E-state index < -0.39 is 0 Å². The molecule has 0 saturated carbocycles. The van der Waals surface area contributed by atoms with Gasteiger partial charge in [0.2, 0.25) is 0 Å². The summed E-state index contributed by atoms with van der Waals surface area (Å²) < 4.78 is 0. The molecular formula is C10H14N2S. The first-order valence-electron chi connectivity index (χ1n) is 4.21. The van der Waals surface area contributed by atoms with Crippen LogP contribution < -0.4 is 11.1 Å². The van der Waals surface area contributed by atoms with Gasteiger partial charge in [0, 0.05) is 16.3 Å². The zero-order valence-corrected chi connectivity index (χ0v) is 8.53. The highest BCUT2D eigenvalue weighted by molar-refractivity contribution is 7.12. The highest BCUT2D eigenvalue weighted by Gasteiger charge is 2.09. The van der Waals surface area contributed by atoms with Crippen molar-refractivity contribution in [1.82, 2.24) is 5.32 Å². The maximum Gasteiger partial charge on any atom is 0.0579 e. The van der Waals surface area contributed by atoms with Gasteiger partial charge in [0.25, 0.3) is 0 Å². The third kappa shape index (κ3) is 2.85. The van der Waals surface area contributed by atoms with Gasteiger partial charge in [-0.25, -0.2) is 0 Å². The number of aryl methyl sites for hydroxylation is 1. The van der Waals surface area contributed by atoms with E-state index in [0.717, 1.165) is 0 Å². The van der Waals surface area contributed by atoms with Gasteiger partial charge in [0.1, 0.15) is 0 Å². The van der Waals surface area contributed by atoms with Crippen molar-refractivity contribution in [3.63, 3.8) is 0 Å². The quantitative estimate of drug-likeness (QED) is 0.709. The van der Waals surface area contributed by atoms with Crippen molar-refractivity contribution in [2.24, 2.45) is 5.73 Å². The highest BCUT2D eigenvalue weighted by atomic mass is 32.1. The van der Waals surface area contributed by atoms with Gasteiger partial charge in [-0.05, 0) is 19.1 Å². The first-order chi connectivity index (χ1) is 6.27. The summed E-state index contributed by atoms with van der Waals surface area (Å²) in [5.74, 6) is 2.55. The van der Waals surface area contributed by atoms with Crippen LogP contribution in [-0.2, 0) is 0 Å². The molecule has 2 nitrogen and oxygen atoms in total. The topological polar surface area (TPSA) is 38.0 Å². The maximum absolute atomic E-state index is 5.63. The Morgan fingerprint density at radius 2 is 2.46 bits per heavy atom. The molecule has 1 rings (SSSR count). The first-order valence-corrected chi connectivity index (χ1v) is 5.03. The molecule has 0 spiro atoms. The molecule has 0 aliphatic heterocycles. The fourth-order valence-electron chi connectivity index (χ4n) is 1.12. The lowest BCUT2D eigenvalue weighted by Gasteiger charge is -2.12. The summed E-state index contributed by atoms with van der Waals surface area (Å²) in [5.41, 5.74) is 5.63. The zero-order chi connectivity index (χ0) is 9.68. The van der Waals surface area contributed by atoms with Crippen molar-refractivity contribution in [3.05, 3.63) is 21.9 Å². The van der Waals surface area contributed by atoms with E-state index in [2.05, 4.69) is 30.3 Å². The third-order valence-electron chi connectivity index (χ3n) is 1.79. The number of rotatable bonds is 4. The second-order valence-corrected chi connectivity index (χ2v) is 4.14. The van der Waals surface area contributed by atoms with Crippen LogP contribution >= 0.6 is 11.3 Å². The minimum absolute atomic E-state index is 0.203. The Morgan fingerprint density at radius 1 is 1.69 bits per heavy atom. The summed E-state index contributed by atoms with van der Waals surface area (Å²) in [6, 6.07) is 4.40. The molecule has 1 heterocycles. The van der Waals surface area contributed by atoms with E-state index in [0.29, 0.717) is 13.1 Å². The summed E-state index contributed by atoms with van der Waals surface area (Å²) in [4.78, 5) is 2.56. The molecular weight excluding hydrogens is 180 g/mol. The molecule has 70 valence electrons. The largest absolute Gasteiger partial charge is 0.329 e. The third-order valence-corrected chi connectivity index (χ3v) is 2.91. The number of thiophene rings is 1. The molecule has 0 aromatic carbocycles. The molecule has 0 aliphatic rings. The van der Waals surface area contributed by atoms with Crippen molar-refractivity contribution in [2.75, 3.05) is 13.1 Å². The van der Waals surface area contributed by atoms with Crippen molar-refractivity contribution in [2.45, 2.75) is 13.0 Å². The second kappa shape index (κ2) is 5.03. The number of nitrogens with one attached hydrogen (secondary N) is 1. The Bertz CT molecular complexity index is 298. The van der Waals surface area contributed by atoms with Gasteiger partial charge in [0.05, 0.1) is 12.6 Å². The molecule has 0 bridgehead atoms. The van der Waals surface area contributed by atoms with Crippen LogP contribution in [0.2, 0.25) is 0 Å². The molecule has 13 heavy (non-hydrogen) atoms. The summed E-state index contributed by atoms with van der Waals surface area (Å²) in [7, 11) is 0. The molecule has 0 radical (unpaired) electrons. The minimum atomic E-state index is 0.203. The fraction of sp³-hybridized carbons (Fsp3) is 0.400. The first kappa shape index (κ1) is 10.3. The lowest BCUT2D eigenvalue weighted by Crippen LogP contribution is -2.27. The van der Waals surface area contributed by atoms with Crippen LogP contribution in [0.1, 0.15) is 15.8 Å². The molecule has 1 aromatic rings. The standard InChI is InChI=1S/C10H14N2S/c1-3-6-12-9(7-11)10-5-4-8(2)13-10/h1,4-5,9,12H,6-7,11H2,2H3. The van der Waals surface area contributed by atoms with E-state index in [1.54, 1.807) is 11.3 Å². The smallest absolute Gasteiger partial charge is 0.0579 e. The van der Waals surface area contributed by atoms with Gasteiger partial charge in [0.15, 0.2) is 0 Å². The Hall–Kier alpha value is -0.820. The predicted molar refractivity (Wildman–Crippen MR) is 57.7 cm³/mol. The average Bonchev–Trinajstić information content (AvgIpc) is 2.54. The number of hydrogen-bond acceptors (Lipinski definition) is 3. The van der Waals surface area contributed by atoms with Crippen molar-refractivity contribution in [1.29, 1.82) is 0 Å². The van der Waals surface area contributed by atoms with Crippen LogP contribution in [0.3, 0.4) is 0 Å². The van der Waals surface area contributed by atoms with Gasteiger partial charge < -0.3 is 5.73 Å². The summed E-state index contributed by atoms with van der Waals surface area (Å²) >= 11 is 1.76. The Morgan fingerprint density at radius 3 is 2.92 bits per heavy atom. The average molecular weight is 194 g/mol. The summed E-state index contributed by atoms with van der Waals surface area (Å²) in [6.45, 7) is 3.24. The van der Waals surface area contributed by atoms with Gasteiger partial charge >= 0.3 is 0 Å². The molecule has 3 heteroatoms. The predicted octanol–water partition coefficient (Wildman–Crippen LogP) is 1.28. The van der Waals surface area contributed by atoms with E-state index >= 15 is 0 Å². The van der Waals surface area contributed by atoms with Crippen LogP contribution in [0.4, 0.5) is 0 Å². The molecule has 0 saturated heterocycles. The van der Waals surface area contributed by atoms with Gasteiger partial charge in [-0.15, -0.1) is 17.8 Å².